The number of esters is 1. The average Bonchev–Trinajstić information content (AvgIpc) is 3.26. The monoisotopic (exact) mass is 471 g/mol. The van der Waals surface area contributed by atoms with Gasteiger partial charge in [-0.05, 0) is 61.1 Å². The summed E-state index contributed by atoms with van der Waals surface area (Å²) < 4.78 is 43.7. The Balaban J connectivity index is 1.57. The number of nitrogens with zero attached hydrogens (tertiary/aromatic N) is 1. The van der Waals surface area contributed by atoms with Crippen molar-refractivity contribution >= 4 is 15.8 Å². The van der Waals surface area contributed by atoms with Crippen molar-refractivity contribution in [2.45, 2.75) is 49.4 Å². The summed E-state index contributed by atoms with van der Waals surface area (Å²) in [4.78, 5) is 16.7. The number of aryl methyl sites for hydroxylation is 2. The van der Waals surface area contributed by atoms with E-state index in [-0.39, 0.29) is 24.4 Å². The molecule has 0 radical (unpaired) electrons. The number of hydrogen-bond acceptors (Lipinski definition) is 7. The highest BCUT2D eigenvalue weighted by Gasteiger charge is 2.46. The molecule has 1 unspecified atom stereocenters. The first kappa shape index (κ1) is 23.6. The molecule has 176 valence electrons. The second-order valence-corrected chi connectivity index (χ2v) is 10.5. The highest BCUT2D eigenvalue weighted by molar-refractivity contribution is 7.91. The first-order valence-corrected chi connectivity index (χ1v) is 13.0. The number of benzene rings is 1. The van der Waals surface area contributed by atoms with Crippen LogP contribution in [0, 0.1) is 0 Å². The predicted molar refractivity (Wildman–Crippen MR) is 123 cm³/mol. The number of pyridine rings is 1. The molecule has 2 heterocycles. The highest BCUT2D eigenvalue weighted by atomic mass is 32.2. The third-order valence-electron chi connectivity index (χ3n) is 6.11. The fraction of sp³-hybridized carbons (Fsp3) is 0.440. The number of hydrogen-bond donors (Lipinski definition) is 0. The van der Waals surface area contributed by atoms with Crippen molar-refractivity contribution in [2.75, 3.05) is 19.8 Å². The van der Waals surface area contributed by atoms with E-state index in [1.807, 2.05) is 36.4 Å². The maximum absolute atomic E-state index is 13.6. The van der Waals surface area contributed by atoms with Crippen LogP contribution < -0.4 is 0 Å². The molecule has 1 aromatic heterocycles. The third-order valence-corrected chi connectivity index (χ3v) is 8.18. The van der Waals surface area contributed by atoms with Crippen LogP contribution in [0.15, 0.2) is 60.4 Å². The van der Waals surface area contributed by atoms with Crippen LogP contribution in [-0.2, 0) is 47.4 Å². The molecule has 8 heteroatoms. The minimum atomic E-state index is -3.69. The Labute approximate surface area is 194 Å². The Morgan fingerprint density at radius 1 is 1.09 bits per heavy atom. The van der Waals surface area contributed by atoms with Crippen molar-refractivity contribution < 1.29 is 27.4 Å². The first-order valence-electron chi connectivity index (χ1n) is 11.3. The van der Waals surface area contributed by atoms with E-state index in [1.54, 1.807) is 19.3 Å². The van der Waals surface area contributed by atoms with Gasteiger partial charge in [-0.3, -0.25) is 4.98 Å². The smallest absolute Gasteiger partial charge is 0.335 e. The molecule has 1 saturated heterocycles. The molecule has 1 aliphatic heterocycles. The van der Waals surface area contributed by atoms with Gasteiger partial charge in [-0.25, -0.2) is 13.2 Å². The van der Waals surface area contributed by atoms with Gasteiger partial charge in [0.15, 0.2) is 15.6 Å². The van der Waals surface area contributed by atoms with E-state index in [9.17, 15) is 13.2 Å². The van der Waals surface area contributed by atoms with Crippen LogP contribution in [0.25, 0.3) is 0 Å². The summed E-state index contributed by atoms with van der Waals surface area (Å²) >= 11 is 0. The van der Waals surface area contributed by atoms with Crippen LogP contribution in [0.5, 0.6) is 0 Å². The molecule has 1 spiro atoms. The molecule has 4 rings (SSSR count). The van der Waals surface area contributed by atoms with E-state index in [0.29, 0.717) is 26.1 Å². The van der Waals surface area contributed by atoms with Gasteiger partial charge in [-0.1, -0.05) is 24.3 Å². The summed E-state index contributed by atoms with van der Waals surface area (Å²) in [5, 5.41) is -0.955. The number of carbonyl (C=O) groups is 1. The fourth-order valence-corrected chi connectivity index (χ4v) is 6.40. The molecule has 33 heavy (non-hydrogen) atoms. The molecule has 0 amide bonds. The molecule has 1 fully saturated rings. The van der Waals surface area contributed by atoms with Gasteiger partial charge < -0.3 is 14.2 Å². The number of sulfone groups is 1. The van der Waals surface area contributed by atoms with E-state index < -0.39 is 26.8 Å². The lowest BCUT2D eigenvalue weighted by Gasteiger charge is -2.33. The Morgan fingerprint density at radius 3 is 2.48 bits per heavy atom. The Kier molecular flexibility index (Phi) is 7.26. The molecule has 1 aromatic carbocycles. The molecule has 7 nitrogen and oxygen atoms in total. The summed E-state index contributed by atoms with van der Waals surface area (Å²) in [6.07, 6.45) is 7.15. The van der Waals surface area contributed by atoms with Crippen molar-refractivity contribution in [3.63, 3.8) is 0 Å². The highest BCUT2D eigenvalue weighted by Crippen LogP contribution is 2.38. The SMILES string of the molecule is CCOC(=O)C1=CC2(CCC1S(=O)(=O)Cc1ccccc1CCc1ccncc1)OCCO2. The minimum absolute atomic E-state index is 0.110. The molecule has 0 bridgehead atoms. The second-order valence-electron chi connectivity index (χ2n) is 8.29. The van der Waals surface area contributed by atoms with Crippen LogP contribution in [0.3, 0.4) is 0 Å². The van der Waals surface area contributed by atoms with Gasteiger partial charge in [0.2, 0.25) is 0 Å². The summed E-state index contributed by atoms with van der Waals surface area (Å²) in [5.41, 5.74) is 2.99. The van der Waals surface area contributed by atoms with Crippen molar-refractivity contribution in [3.8, 4) is 0 Å². The quantitative estimate of drug-likeness (QED) is 0.546. The molecule has 1 aliphatic carbocycles. The standard InChI is InChI=1S/C25H29NO6S/c1-2-30-24(27)22-17-25(31-15-16-32-25)12-9-23(22)33(28,29)18-21-6-4-3-5-20(21)8-7-19-10-13-26-14-11-19/h3-6,10-11,13-14,17,23H,2,7-9,12,15-16,18H2,1H3. The first-order chi connectivity index (χ1) is 15.9. The maximum Gasteiger partial charge on any atom is 0.335 e. The van der Waals surface area contributed by atoms with E-state index >= 15 is 0 Å². The Hall–Kier alpha value is -2.55. The van der Waals surface area contributed by atoms with E-state index in [4.69, 9.17) is 14.2 Å². The normalized spacial score (nSPS) is 19.9. The summed E-state index contributed by atoms with van der Waals surface area (Å²) in [6, 6.07) is 11.5. The molecule has 0 N–H and O–H groups in total. The van der Waals surface area contributed by atoms with Gasteiger partial charge in [-0.2, -0.15) is 0 Å². The minimum Gasteiger partial charge on any atom is -0.463 e. The zero-order chi connectivity index (χ0) is 23.3. The summed E-state index contributed by atoms with van der Waals surface area (Å²) in [6.45, 7) is 2.68. The predicted octanol–water partition coefficient (Wildman–Crippen LogP) is 3.18. The van der Waals surface area contributed by atoms with Gasteiger partial charge >= 0.3 is 5.97 Å². The van der Waals surface area contributed by atoms with Crippen LogP contribution in [0.2, 0.25) is 0 Å². The van der Waals surface area contributed by atoms with Crippen molar-refractivity contribution in [3.05, 3.63) is 77.1 Å². The van der Waals surface area contributed by atoms with Gasteiger partial charge in [-0.15, -0.1) is 0 Å². The fourth-order valence-electron chi connectivity index (χ4n) is 4.45. The summed E-state index contributed by atoms with van der Waals surface area (Å²) in [5.74, 6) is -1.80. The second kappa shape index (κ2) is 10.2. The Bertz CT molecular complexity index is 1110. The van der Waals surface area contributed by atoms with Gasteiger partial charge in [0.25, 0.3) is 0 Å². The number of ether oxygens (including phenoxy) is 3. The number of rotatable bonds is 8. The summed E-state index contributed by atoms with van der Waals surface area (Å²) in [7, 11) is -3.69. The molecule has 2 aliphatic rings. The van der Waals surface area contributed by atoms with Crippen molar-refractivity contribution in [1.29, 1.82) is 0 Å². The van der Waals surface area contributed by atoms with Crippen LogP contribution in [0.1, 0.15) is 36.5 Å². The largest absolute Gasteiger partial charge is 0.463 e. The zero-order valence-electron chi connectivity index (χ0n) is 18.7. The van der Waals surface area contributed by atoms with E-state index in [1.165, 1.54) is 6.08 Å². The molecule has 1 atom stereocenters. The number of aromatic nitrogens is 1. The molecule has 0 saturated carbocycles. The zero-order valence-corrected chi connectivity index (χ0v) is 19.6. The Morgan fingerprint density at radius 2 is 1.79 bits per heavy atom. The van der Waals surface area contributed by atoms with Crippen LogP contribution in [-0.4, -0.2) is 50.2 Å². The average molecular weight is 472 g/mol. The number of carbonyl (C=O) groups excluding carboxylic acids is 1. The van der Waals surface area contributed by atoms with Crippen LogP contribution >= 0.6 is 0 Å². The maximum atomic E-state index is 13.6. The van der Waals surface area contributed by atoms with E-state index in [2.05, 4.69) is 4.98 Å². The van der Waals surface area contributed by atoms with Crippen LogP contribution in [0.4, 0.5) is 0 Å². The van der Waals surface area contributed by atoms with Crippen molar-refractivity contribution in [2.24, 2.45) is 0 Å². The van der Waals surface area contributed by atoms with Gasteiger partial charge in [0.05, 0.1) is 36.4 Å². The lowest BCUT2D eigenvalue weighted by Crippen LogP contribution is -2.41. The van der Waals surface area contributed by atoms with Gasteiger partial charge in [0.1, 0.15) is 0 Å². The van der Waals surface area contributed by atoms with Gasteiger partial charge in [0, 0.05) is 18.8 Å². The third kappa shape index (κ3) is 5.51. The van der Waals surface area contributed by atoms with E-state index in [0.717, 1.165) is 23.1 Å². The lowest BCUT2D eigenvalue weighted by molar-refractivity contribution is -0.143. The van der Waals surface area contributed by atoms with Crippen molar-refractivity contribution in [1.82, 2.24) is 4.98 Å². The molecule has 2 aromatic rings. The lowest BCUT2D eigenvalue weighted by atomic mass is 9.94. The topological polar surface area (TPSA) is 91.8 Å². The molecular weight excluding hydrogens is 442 g/mol. The molecular formula is C25H29NO6S.